The maximum absolute atomic E-state index is 3.92. The molecule has 1 nitrogen and oxygen atoms in total. The van der Waals surface area contributed by atoms with Crippen molar-refractivity contribution >= 4 is 16.5 Å². The third-order valence-electron chi connectivity index (χ3n) is 5.66. The Morgan fingerprint density at radius 1 is 0.846 bits per heavy atom. The molecule has 3 aromatic rings. The molecule has 1 heteroatoms. The van der Waals surface area contributed by atoms with Gasteiger partial charge in [0.25, 0.3) is 0 Å². The number of rotatable bonds is 6. The summed E-state index contributed by atoms with van der Waals surface area (Å²) in [6.45, 7) is 3.92. The molecule has 3 aromatic carbocycles. The Morgan fingerprint density at radius 2 is 1.58 bits per heavy atom. The van der Waals surface area contributed by atoms with Crippen LogP contribution in [-0.2, 0) is 6.42 Å². The molecule has 0 N–H and O–H groups in total. The molecule has 0 spiro atoms. The Labute approximate surface area is 157 Å². The highest BCUT2D eigenvalue weighted by atomic mass is 15.2. The van der Waals surface area contributed by atoms with Crippen molar-refractivity contribution < 1.29 is 0 Å². The molecule has 1 heterocycles. The molecule has 2 atom stereocenters. The zero-order valence-electron chi connectivity index (χ0n) is 15.4. The lowest BCUT2D eigenvalue weighted by Gasteiger charge is -2.33. The number of allylic oxidation sites excluding steroid dienone is 1. The van der Waals surface area contributed by atoms with E-state index >= 15 is 0 Å². The summed E-state index contributed by atoms with van der Waals surface area (Å²) in [6.07, 6.45) is 8.01. The number of hydrogen-bond donors (Lipinski definition) is 0. The van der Waals surface area contributed by atoms with Crippen molar-refractivity contribution in [2.75, 3.05) is 4.90 Å². The van der Waals surface area contributed by atoms with Gasteiger partial charge in [0.1, 0.15) is 0 Å². The topological polar surface area (TPSA) is 3.24 Å². The van der Waals surface area contributed by atoms with Gasteiger partial charge in [-0.2, -0.15) is 0 Å². The monoisotopic (exact) mass is 341 g/mol. The van der Waals surface area contributed by atoms with Crippen LogP contribution in [0.1, 0.15) is 31.2 Å². The van der Waals surface area contributed by atoms with Gasteiger partial charge >= 0.3 is 0 Å². The Hall–Kier alpha value is -2.54. The van der Waals surface area contributed by atoms with E-state index in [1.165, 1.54) is 41.3 Å². The van der Waals surface area contributed by atoms with Crippen molar-refractivity contribution in [3.63, 3.8) is 0 Å². The van der Waals surface area contributed by atoms with E-state index in [0.717, 1.165) is 12.8 Å². The fourth-order valence-corrected chi connectivity index (χ4v) is 4.41. The molecule has 4 rings (SSSR count). The van der Waals surface area contributed by atoms with Crippen LogP contribution in [0, 0.1) is 0 Å². The minimum atomic E-state index is 0.577. The summed E-state index contributed by atoms with van der Waals surface area (Å²) >= 11 is 0. The van der Waals surface area contributed by atoms with Gasteiger partial charge in [0.05, 0.1) is 0 Å². The van der Waals surface area contributed by atoms with Gasteiger partial charge in [0.15, 0.2) is 0 Å². The number of nitrogens with zero attached hydrogens (tertiary/aromatic N) is 1. The fourth-order valence-electron chi connectivity index (χ4n) is 4.41. The van der Waals surface area contributed by atoms with Crippen molar-refractivity contribution in [1.82, 2.24) is 0 Å². The van der Waals surface area contributed by atoms with E-state index in [4.69, 9.17) is 0 Å². The number of hydrogen-bond acceptors (Lipinski definition) is 1. The molecule has 0 saturated carbocycles. The van der Waals surface area contributed by atoms with Crippen LogP contribution in [0.3, 0.4) is 0 Å². The predicted molar refractivity (Wildman–Crippen MR) is 113 cm³/mol. The first-order valence-electron chi connectivity index (χ1n) is 9.77. The third-order valence-corrected chi connectivity index (χ3v) is 5.66. The Kier molecular flexibility index (Phi) is 5.06. The van der Waals surface area contributed by atoms with Crippen molar-refractivity contribution in [2.24, 2.45) is 0 Å². The second kappa shape index (κ2) is 7.78. The van der Waals surface area contributed by atoms with Gasteiger partial charge in [-0.05, 0) is 60.6 Å². The molecule has 0 radical (unpaired) electrons. The molecule has 1 fully saturated rings. The lowest BCUT2D eigenvalue weighted by molar-refractivity contribution is 0.590. The largest absolute Gasteiger partial charge is 0.365 e. The predicted octanol–water partition coefficient (Wildman–Crippen LogP) is 6.39. The maximum Gasteiger partial charge on any atom is 0.0371 e. The van der Waals surface area contributed by atoms with E-state index in [1.807, 2.05) is 0 Å². The highest BCUT2D eigenvalue weighted by Gasteiger charge is 2.32. The Bertz CT molecular complexity index is 867. The molecule has 0 aromatic heterocycles. The van der Waals surface area contributed by atoms with E-state index < -0.39 is 0 Å². The van der Waals surface area contributed by atoms with Crippen LogP contribution in [0.4, 0.5) is 5.69 Å². The van der Waals surface area contributed by atoms with Crippen molar-refractivity contribution in [2.45, 2.75) is 44.2 Å². The molecule has 0 aliphatic carbocycles. The van der Waals surface area contributed by atoms with Crippen LogP contribution in [0.2, 0.25) is 0 Å². The van der Waals surface area contributed by atoms with Crippen LogP contribution in [0.5, 0.6) is 0 Å². The normalized spacial score (nSPS) is 19.8. The summed E-state index contributed by atoms with van der Waals surface area (Å²) in [7, 11) is 0. The molecule has 0 amide bonds. The maximum atomic E-state index is 3.92. The van der Waals surface area contributed by atoms with E-state index in [0.29, 0.717) is 12.1 Å². The summed E-state index contributed by atoms with van der Waals surface area (Å²) in [5.74, 6) is 0. The fraction of sp³-hybridized carbons (Fsp3) is 0.280. The second-order valence-electron chi connectivity index (χ2n) is 7.38. The SMILES string of the molecule is C=CCC[C@@H]1CC[C@H](Cc2ccc3ccccc3c2)N1c1ccccc1. The van der Waals surface area contributed by atoms with Gasteiger partial charge in [-0.15, -0.1) is 6.58 Å². The zero-order chi connectivity index (χ0) is 17.8. The molecule has 1 saturated heterocycles. The van der Waals surface area contributed by atoms with Crippen LogP contribution >= 0.6 is 0 Å². The number of anilines is 1. The summed E-state index contributed by atoms with van der Waals surface area (Å²) < 4.78 is 0. The number of para-hydroxylation sites is 1. The quantitative estimate of drug-likeness (QED) is 0.470. The molecule has 0 unspecified atom stereocenters. The third kappa shape index (κ3) is 3.53. The first-order chi connectivity index (χ1) is 12.8. The average Bonchev–Trinajstić information content (AvgIpc) is 3.09. The number of fused-ring (bicyclic) bond motifs is 1. The Morgan fingerprint density at radius 3 is 2.38 bits per heavy atom. The van der Waals surface area contributed by atoms with Crippen LogP contribution < -0.4 is 4.90 Å². The minimum absolute atomic E-state index is 0.577. The summed E-state index contributed by atoms with van der Waals surface area (Å²) in [4.78, 5) is 2.68. The van der Waals surface area contributed by atoms with Gasteiger partial charge < -0.3 is 4.90 Å². The summed E-state index contributed by atoms with van der Waals surface area (Å²) in [5, 5.41) is 2.67. The highest BCUT2D eigenvalue weighted by Crippen LogP contribution is 2.34. The van der Waals surface area contributed by atoms with Crippen molar-refractivity contribution in [3.8, 4) is 0 Å². The van der Waals surface area contributed by atoms with Crippen molar-refractivity contribution in [1.29, 1.82) is 0 Å². The summed E-state index contributed by atoms with van der Waals surface area (Å²) in [6, 6.07) is 27.7. The van der Waals surface area contributed by atoms with Gasteiger partial charge in [-0.1, -0.05) is 66.7 Å². The average molecular weight is 341 g/mol. The van der Waals surface area contributed by atoms with Gasteiger partial charge in [0, 0.05) is 17.8 Å². The molecule has 26 heavy (non-hydrogen) atoms. The highest BCUT2D eigenvalue weighted by molar-refractivity contribution is 5.83. The number of benzene rings is 3. The second-order valence-corrected chi connectivity index (χ2v) is 7.38. The van der Waals surface area contributed by atoms with Crippen LogP contribution in [0.25, 0.3) is 10.8 Å². The van der Waals surface area contributed by atoms with Crippen LogP contribution in [0.15, 0.2) is 85.5 Å². The standard InChI is InChI=1S/C25H27N/c1-2-3-11-24-16-17-25(26(24)23-12-5-4-6-13-23)19-20-14-15-21-9-7-8-10-22(21)18-20/h2,4-10,12-15,18,24-25H,1,3,11,16-17,19H2/t24-,25-/m1/s1. The summed E-state index contributed by atoms with van der Waals surface area (Å²) in [5.41, 5.74) is 2.81. The lowest BCUT2D eigenvalue weighted by atomic mass is 10.00. The molecule has 132 valence electrons. The first-order valence-corrected chi connectivity index (χ1v) is 9.77. The molecule has 1 aliphatic rings. The van der Waals surface area contributed by atoms with E-state index in [2.05, 4.69) is 90.4 Å². The van der Waals surface area contributed by atoms with E-state index in [9.17, 15) is 0 Å². The molecule has 0 bridgehead atoms. The van der Waals surface area contributed by atoms with Gasteiger partial charge in [-0.3, -0.25) is 0 Å². The van der Waals surface area contributed by atoms with E-state index in [-0.39, 0.29) is 0 Å². The molecule has 1 aliphatic heterocycles. The van der Waals surface area contributed by atoms with Gasteiger partial charge in [-0.25, -0.2) is 0 Å². The van der Waals surface area contributed by atoms with Crippen molar-refractivity contribution in [3.05, 3.63) is 91.0 Å². The zero-order valence-corrected chi connectivity index (χ0v) is 15.4. The van der Waals surface area contributed by atoms with E-state index in [1.54, 1.807) is 0 Å². The van der Waals surface area contributed by atoms with Crippen LogP contribution in [-0.4, -0.2) is 12.1 Å². The smallest absolute Gasteiger partial charge is 0.0371 e. The molecular weight excluding hydrogens is 314 g/mol. The minimum Gasteiger partial charge on any atom is -0.365 e. The van der Waals surface area contributed by atoms with Gasteiger partial charge in [0.2, 0.25) is 0 Å². The molecular formula is C25H27N. The Balaban J connectivity index is 1.59. The lowest BCUT2D eigenvalue weighted by Crippen LogP contribution is -2.37. The first kappa shape index (κ1) is 16.9.